The highest BCUT2D eigenvalue weighted by molar-refractivity contribution is 14.1. The van der Waals surface area contributed by atoms with Crippen molar-refractivity contribution >= 4 is 67.3 Å². The van der Waals surface area contributed by atoms with Gasteiger partial charge in [0.25, 0.3) is 0 Å². The molecule has 1 aromatic heterocycles. The second-order valence-corrected chi connectivity index (χ2v) is 16.3. The van der Waals surface area contributed by atoms with Gasteiger partial charge in [-0.25, -0.2) is 19.0 Å². The Bertz CT molecular complexity index is 1570. The quantitative estimate of drug-likeness (QED) is 0.266. The van der Waals surface area contributed by atoms with E-state index < -0.39 is 35.2 Å². The molecule has 13 heteroatoms. The average molecular weight is 815 g/mol. The first-order valence-corrected chi connectivity index (χ1v) is 17.6. The van der Waals surface area contributed by atoms with E-state index in [0.717, 1.165) is 19.4 Å². The minimum atomic E-state index is -0.824. The first kappa shape index (κ1) is 34.9. The minimum absolute atomic E-state index is 0.0427. The summed E-state index contributed by atoms with van der Waals surface area (Å²) in [5.41, 5.74) is -0.448. The van der Waals surface area contributed by atoms with Gasteiger partial charge in [-0.15, -0.1) is 0 Å². The molecule has 4 fully saturated rings. The van der Waals surface area contributed by atoms with E-state index in [9.17, 15) is 14.9 Å². The lowest BCUT2D eigenvalue weighted by atomic mass is 9.78. The third-order valence-corrected chi connectivity index (χ3v) is 10.6. The van der Waals surface area contributed by atoms with E-state index in [2.05, 4.69) is 61.5 Å². The van der Waals surface area contributed by atoms with Gasteiger partial charge in [-0.05, 0) is 131 Å². The number of carbonyl (C=O) groups excluding carboxylic acids is 2. The van der Waals surface area contributed by atoms with Crippen LogP contribution >= 0.6 is 38.5 Å². The summed E-state index contributed by atoms with van der Waals surface area (Å²) >= 11 is 5.53. The number of pyridine rings is 1. The van der Waals surface area contributed by atoms with Gasteiger partial charge >= 0.3 is 12.2 Å². The summed E-state index contributed by atoms with van der Waals surface area (Å²) in [5.74, 6) is -0.413. The number of likely N-dealkylation sites (N-methyl/N-ethyl adjacent to an activating group) is 1. The number of amides is 2. The summed E-state index contributed by atoms with van der Waals surface area (Å²) in [5, 5.41) is 9.69. The number of ether oxygens (including phenoxy) is 3. The Labute approximate surface area is 292 Å². The molecule has 0 spiro atoms. The maximum Gasteiger partial charge on any atom is 0.415 e. The molecule has 3 saturated heterocycles. The van der Waals surface area contributed by atoms with Crippen LogP contribution in [0, 0.1) is 26.6 Å². The Morgan fingerprint density at radius 2 is 1.91 bits per heavy atom. The highest BCUT2D eigenvalue weighted by atomic mass is 127. The van der Waals surface area contributed by atoms with Gasteiger partial charge in [0, 0.05) is 30.3 Å². The monoisotopic (exact) mass is 813 g/mol. The van der Waals surface area contributed by atoms with Crippen molar-refractivity contribution in [2.24, 2.45) is 5.92 Å². The van der Waals surface area contributed by atoms with Crippen molar-refractivity contribution in [3.8, 4) is 11.9 Å². The summed E-state index contributed by atoms with van der Waals surface area (Å²) in [4.78, 5) is 37.7. The van der Waals surface area contributed by atoms with Crippen molar-refractivity contribution in [2.75, 3.05) is 31.6 Å². The smallest absolute Gasteiger partial charge is 0.415 e. The van der Waals surface area contributed by atoms with Crippen LogP contribution in [-0.4, -0.2) is 83.0 Å². The number of carbonyl (C=O) groups is 2. The molecule has 2 amide bonds. The van der Waals surface area contributed by atoms with Crippen molar-refractivity contribution in [2.45, 2.75) is 103 Å². The SMILES string of the molecule is CN1CCC[C@H]1COc1nc2c(F)c(Br)c(CCC#N)cc2c(N(C(=O)OC(C)(C)C)C2C3CC2N(C(=O)OC(C)(C)C)C3)c1I. The van der Waals surface area contributed by atoms with E-state index >= 15 is 4.39 Å². The van der Waals surface area contributed by atoms with Gasteiger partial charge in [0.1, 0.15) is 23.3 Å². The molecule has 6 rings (SSSR count). The molecule has 0 radical (unpaired) electrons. The molecule has 3 aliphatic heterocycles. The van der Waals surface area contributed by atoms with E-state index in [0.29, 0.717) is 46.2 Å². The largest absolute Gasteiger partial charge is 0.475 e. The highest BCUT2D eigenvalue weighted by Crippen LogP contribution is 2.50. The number of nitrogens with zero attached hydrogens (tertiary/aromatic N) is 5. The van der Waals surface area contributed by atoms with Crippen LogP contribution in [0.4, 0.5) is 19.7 Å². The Morgan fingerprint density at radius 1 is 1.22 bits per heavy atom. The van der Waals surface area contributed by atoms with E-state index in [1.165, 1.54) is 0 Å². The summed E-state index contributed by atoms with van der Waals surface area (Å²) in [6, 6.07) is 3.35. The zero-order valence-electron chi connectivity index (χ0n) is 27.5. The van der Waals surface area contributed by atoms with Crippen LogP contribution in [0.15, 0.2) is 10.5 Å². The number of aryl methyl sites for hydroxylation is 1. The third-order valence-electron chi connectivity index (χ3n) is 8.72. The van der Waals surface area contributed by atoms with Crippen molar-refractivity contribution in [3.63, 3.8) is 0 Å². The van der Waals surface area contributed by atoms with Crippen LogP contribution < -0.4 is 9.64 Å². The van der Waals surface area contributed by atoms with E-state index in [1.807, 2.05) is 20.8 Å². The standard InChI is InChI=1S/C33H42BrFIN5O5/c1-32(2,3)45-30(42)40-16-19-15-22(40)27(19)41(31(43)46-33(4,5)6)28-21-14-18(10-8-12-37)23(34)24(35)26(21)38-29(25(28)36)44-17-20-11-9-13-39(20)7/h14,19-20,22,27H,8-11,13,15-17H2,1-7H3/t19?,20-,22?,27?/m0/s1. The Balaban J connectivity index is 1.67. The zero-order valence-corrected chi connectivity index (χ0v) is 31.2. The third kappa shape index (κ3) is 7.04. The molecule has 250 valence electrons. The molecule has 3 unspecified atom stereocenters. The fraction of sp³-hybridized carbons (Fsp3) is 0.636. The lowest BCUT2D eigenvalue weighted by Gasteiger charge is -2.44. The number of nitriles is 1. The summed E-state index contributed by atoms with van der Waals surface area (Å²) < 4.78 is 35.0. The number of hydrogen-bond donors (Lipinski definition) is 0. The molecule has 4 heterocycles. The van der Waals surface area contributed by atoms with Gasteiger partial charge in [0.15, 0.2) is 5.82 Å². The molecular weight excluding hydrogens is 772 g/mol. The second-order valence-electron chi connectivity index (χ2n) is 14.4. The normalized spacial score (nSPS) is 22.8. The maximum absolute atomic E-state index is 16.2. The lowest BCUT2D eigenvalue weighted by molar-refractivity contribution is 0.0216. The maximum atomic E-state index is 16.2. The van der Waals surface area contributed by atoms with Gasteiger partial charge in [-0.1, -0.05) is 0 Å². The molecule has 2 bridgehead atoms. The number of likely N-dealkylation sites (tertiary alicyclic amines) is 1. The summed E-state index contributed by atoms with van der Waals surface area (Å²) in [7, 11) is 2.05. The Hall–Kier alpha value is -2.44. The number of rotatable bonds is 7. The second kappa shape index (κ2) is 13.2. The topological polar surface area (TPSA) is 108 Å². The van der Waals surface area contributed by atoms with Crippen molar-refractivity contribution in [1.29, 1.82) is 5.26 Å². The summed E-state index contributed by atoms with van der Waals surface area (Å²) in [6.07, 6.45) is 2.20. The van der Waals surface area contributed by atoms with Gasteiger partial charge < -0.3 is 24.0 Å². The van der Waals surface area contributed by atoms with Gasteiger partial charge in [0.05, 0.1) is 31.9 Å². The molecule has 4 atom stereocenters. The van der Waals surface area contributed by atoms with Crippen LogP contribution in [0.1, 0.15) is 72.8 Å². The van der Waals surface area contributed by atoms with Crippen LogP contribution in [0.2, 0.25) is 0 Å². The molecule has 4 aliphatic rings. The minimum Gasteiger partial charge on any atom is -0.475 e. The molecule has 1 aliphatic carbocycles. The first-order chi connectivity index (χ1) is 21.5. The molecule has 2 aromatic rings. The van der Waals surface area contributed by atoms with Gasteiger partial charge in [0.2, 0.25) is 5.88 Å². The Kier molecular flexibility index (Phi) is 10.0. The number of fused-ring (bicyclic) bond motifs is 2. The van der Waals surface area contributed by atoms with Crippen molar-refractivity contribution < 1.29 is 28.2 Å². The number of benzene rings is 1. The van der Waals surface area contributed by atoms with E-state index in [4.69, 9.17) is 14.2 Å². The molecule has 1 aromatic carbocycles. The zero-order chi connectivity index (χ0) is 33.7. The predicted molar refractivity (Wildman–Crippen MR) is 185 cm³/mol. The Morgan fingerprint density at radius 3 is 2.52 bits per heavy atom. The van der Waals surface area contributed by atoms with E-state index in [1.54, 1.807) is 36.6 Å². The summed E-state index contributed by atoms with van der Waals surface area (Å²) in [6.45, 7) is 12.6. The molecule has 1 saturated carbocycles. The fourth-order valence-corrected chi connectivity index (χ4v) is 7.90. The predicted octanol–water partition coefficient (Wildman–Crippen LogP) is 7.42. The van der Waals surface area contributed by atoms with Crippen molar-refractivity contribution in [3.05, 3.63) is 25.5 Å². The highest BCUT2D eigenvalue weighted by Gasteiger charge is 2.59. The van der Waals surface area contributed by atoms with Gasteiger partial charge in [-0.2, -0.15) is 5.26 Å². The number of anilines is 1. The van der Waals surface area contributed by atoms with Crippen LogP contribution in [0.25, 0.3) is 10.9 Å². The van der Waals surface area contributed by atoms with Crippen LogP contribution in [-0.2, 0) is 15.9 Å². The van der Waals surface area contributed by atoms with Gasteiger partial charge in [-0.3, -0.25) is 4.90 Å². The average Bonchev–Trinajstić information content (AvgIpc) is 3.66. The number of hydrogen-bond acceptors (Lipinski definition) is 8. The lowest BCUT2D eigenvalue weighted by Crippen LogP contribution is -2.59. The number of aromatic nitrogens is 1. The molecule has 10 nitrogen and oxygen atoms in total. The molecule has 46 heavy (non-hydrogen) atoms. The van der Waals surface area contributed by atoms with Crippen LogP contribution in [0.5, 0.6) is 5.88 Å². The van der Waals surface area contributed by atoms with Crippen LogP contribution in [0.3, 0.4) is 0 Å². The number of halogens is 3. The van der Waals surface area contributed by atoms with E-state index in [-0.39, 0.29) is 40.3 Å². The first-order valence-electron chi connectivity index (χ1n) is 15.7. The molecular formula is C33H42BrFIN5O5. The molecule has 0 N–H and O–H groups in total. The fourth-order valence-electron chi connectivity index (χ4n) is 6.57. The van der Waals surface area contributed by atoms with Crippen molar-refractivity contribution in [1.82, 2.24) is 14.8 Å².